The summed E-state index contributed by atoms with van der Waals surface area (Å²) in [5, 5.41) is 17.8. The highest BCUT2D eigenvalue weighted by atomic mass is 16.6. The third-order valence-electron chi connectivity index (χ3n) is 6.12. The summed E-state index contributed by atoms with van der Waals surface area (Å²) in [7, 11) is 0. The van der Waals surface area contributed by atoms with E-state index in [1.807, 2.05) is 0 Å². The normalized spacial score (nSPS) is 11.5. The van der Waals surface area contributed by atoms with Gasteiger partial charge in [-0.2, -0.15) is 0 Å². The molecule has 0 radical (unpaired) electrons. The molecular weight excluding hydrogens is 388 g/mol. The van der Waals surface area contributed by atoms with E-state index in [-0.39, 0.29) is 19.2 Å². The van der Waals surface area contributed by atoms with Crippen molar-refractivity contribution >= 4 is 5.97 Å². The number of hydrogen-bond acceptors (Lipinski definition) is 4. The van der Waals surface area contributed by atoms with Gasteiger partial charge in [-0.25, -0.2) is 0 Å². The fourth-order valence-corrected chi connectivity index (χ4v) is 4.03. The standard InChI is InChI=1S/C27H54O4/c1-25(2)21-19-17-15-13-11-9-7-5-3-4-6-8-10-12-14-16-18-20-22-27(30)31-26(23-28)24-29/h25-26,28-29H,3-24H2,1-2H3. The molecule has 0 rings (SSSR count). The Kier molecular flexibility index (Phi) is 23.6. The minimum Gasteiger partial charge on any atom is -0.457 e. The second kappa shape index (κ2) is 24.0. The van der Waals surface area contributed by atoms with Crippen molar-refractivity contribution < 1.29 is 19.7 Å². The summed E-state index contributed by atoms with van der Waals surface area (Å²) in [6, 6.07) is 0. The fourth-order valence-electron chi connectivity index (χ4n) is 4.03. The van der Waals surface area contributed by atoms with Gasteiger partial charge in [-0.15, -0.1) is 0 Å². The number of unbranched alkanes of at least 4 members (excludes halogenated alkanes) is 17. The van der Waals surface area contributed by atoms with Gasteiger partial charge in [0.2, 0.25) is 0 Å². The first-order valence-electron chi connectivity index (χ1n) is 13.5. The van der Waals surface area contributed by atoms with Gasteiger partial charge in [0.15, 0.2) is 0 Å². The lowest BCUT2D eigenvalue weighted by Gasteiger charge is -2.12. The van der Waals surface area contributed by atoms with Crippen LogP contribution in [0.2, 0.25) is 0 Å². The van der Waals surface area contributed by atoms with Crippen LogP contribution in [0.15, 0.2) is 0 Å². The van der Waals surface area contributed by atoms with E-state index in [2.05, 4.69) is 13.8 Å². The number of rotatable bonds is 24. The summed E-state index contributed by atoms with van der Waals surface area (Å²) < 4.78 is 4.95. The number of carbonyl (C=O) groups is 1. The molecule has 2 N–H and O–H groups in total. The van der Waals surface area contributed by atoms with Crippen molar-refractivity contribution in [2.45, 2.75) is 148 Å². The summed E-state index contributed by atoms with van der Waals surface area (Å²) in [5.74, 6) is 0.556. The van der Waals surface area contributed by atoms with Crippen LogP contribution in [-0.2, 0) is 9.53 Å². The SMILES string of the molecule is CC(C)CCCCCCCCCCCCCCCCCCCCC(=O)OC(CO)CO. The molecule has 4 heteroatoms. The average molecular weight is 443 g/mol. The molecule has 0 atom stereocenters. The first kappa shape index (κ1) is 30.4. The van der Waals surface area contributed by atoms with Crippen molar-refractivity contribution in [1.82, 2.24) is 0 Å². The molecule has 0 saturated carbocycles. The van der Waals surface area contributed by atoms with Gasteiger partial charge in [-0.1, -0.05) is 129 Å². The molecule has 0 amide bonds. The van der Waals surface area contributed by atoms with Gasteiger partial charge in [0.25, 0.3) is 0 Å². The topological polar surface area (TPSA) is 66.8 Å². The highest BCUT2D eigenvalue weighted by Crippen LogP contribution is 2.15. The maximum atomic E-state index is 11.5. The molecular formula is C27H54O4. The third kappa shape index (κ3) is 23.9. The summed E-state index contributed by atoms with van der Waals surface area (Å²) in [5.41, 5.74) is 0. The zero-order valence-corrected chi connectivity index (χ0v) is 20.9. The lowest BCUT2D eigenvalue weighted by Crippen LogP contribution is -2.25. The van der Waals surface area contributed by atoms with E-state index in [1.165, 1.54) is 109 Å². The average Bonchev–Trinajstić information content (AvgIpc) is 2.75. The van der Waals surface area contributed by atoms with Gasteiger partial charge in [0.05, 0.1) is 13.2 Å². The van der Waals surface area contributed by atoms with Crippen LogP contribution in [0.25, 0.3) is 0 Å². The van der Waals surface area contributed by atoms with Gasteiger partial charge in [-0.3, -0.25) is 4.79 Å². The fraction of sp³-hybridized carbons (Fsp3) is 0.963. The molecule has 0 aromatic rings. The number of ether oxygens (including phenoxy) is 1. The van der Waals surface area contributed by atoms with E-state index in [1.54, 1.807) is 0 Å². The van der Waals surface area contributed by atoms with E-state index < -0.39 is 6.10 Å². The lowest BCUT2D eigenvalue weighted by atomic mass is 10.0. The van der Waals surface area contributed by atoms with E-state index in [0.717, 1.165) is 18.8 Å². The Morgan fingerprint density at radius 2 is 0.903 bits per heavy atom. The smallest absolute Gasteiger partial charge is 0.306 e. The van der Waals surface area contributed by atoms with Gasteiger partial charge >= 0.3 is 5.97 Å². The molecule has 0 unspecified atom stereocenters. The minimum absolute atomic E-state index is 0.315. The second-order valence-electron chi connectivity index (χ2n) is 9.77. The van der Waals surface area contributed by atoms with Gasteiger partial charge < -0.3 is 14.9 Å². The molecule has 0 fully saturated rings. The van der Waals surface area contributed by atoms with Crippen LogP contribution in [0.4, 0.5) is 0 Å². The predicted molar refractivity (Wildman–Crippen MR) is 131 cm³/mol. The maximum Gasteiger partial charge on any atom is 0.306 e. The van der Waals surface area contributed by atoms with Crippen LogP contribution in [0.3, 0.4) is 0 Å². The Morgan fingerprint density at radius 3 is 1.23 bits per heavy atom. The monoisotopic (exact) mass is 442 g/mol. The largest absolute Gasteiger partial charge is 0.457 e. The third-order valence-corrected chi connectivity index (χ3v) is 6.12. The molecule has 186 valence electrons. The van der Waals surface area contributed by atoms with Crippen LogP contribution >= 0.6 is 0 Å². The zero-order valence-electron chi connectivity index (χ0n) is 20.9. The first-order valence-corrected chi connectivity index (χ1v) is 13.5. The molecule has 0 aliphatic heterocycles. The Bertz CT molecular complexity index is 366. The van der Waals surface area contributed by atoms with Crippen LogP contribution in [0.1, 0.15) is 142 Å². The quantitative estimate of drug-likeness (QED) is 0.121. The highest BCUT2D eigenvalue weighted by molar-refractivity contribution is 5.69. The minimum atomic E-state index is -0.762. The van der Waals surface area contributed by atoms with Crippen molar-refractivity contribution in [2.75, 3.05) is 13.2 Å². The van der Waals surface area contributed by atoms with Crippen LogP contribution in [-0.4, -0.2) is 35.5 Å². The van der Waals surface area contributed by atoms with Crippen LogP contribution in [0.5, 0.6) is 0 Å². The van der Waals surface area contributed by atoms with Crippen molar-refractivity contribution in [1.29, 1.82) is 0 Å². The molecule has 0 heterocycles. The summed E-state index contributed by atoms with van der Waals surface area (Å²) >= 11 is 0. The van der Waals surface area contributed by atoms with Crippen molar-refractivity contribution in [3.05, 3.63) is 0 Å². The molecule has 0 bridgehead atoms. The summed E-state index contributed by atoms with van der Waals surface area (Å²) in [4.78, 5) is 11.5. The first-order chi connectivity index (χ1) is 15.1. The second-order valence-corrected chi connectivity index (χ2v) is 9.77. The van der Waals surface area contributed by atoms with Crippen molar-refractivity contribution in [3.8, 4) is 0 Å². The summed E-state index contributed by atoms with van der Waals surface area (Å²) in [6.45, 7) is 4.01. The maximum absolute atomic E-state index is 11.5. The number of esters is 1. The van der Waals surface area contributed by atoms with E-state index in [0.29, 0.717) is 6.42 Å². The number of carbonyl (C=O) groups excluding carboxylic acids is 1. The molecule has 0 saturated heterocycles. The molecule has 4 nitrogen and oxygen atoms in total. The van der Waals surface area contributed by atoms with E-state index in [9.17, 15) is 4.79 Å². The van der Waals surface area contributed by atoms with E-state index >= 15 is 0 Å². The van der Waals surface area contributed by atoms with Crippen LogP contribution in [0, 0.1) is 5.92 Å². The predicted octanol–water partition coefficient (Wildman–Crippen LogP) is 7.34. The van der Waals surface area contributed by atoms with Crippen molar-refractivity contribution in [3.63, 3.8) is 0 Å². The Labute approximate surface area is 193 Å². The number of aliphatic hydroxyl groups excluding tert-OH is 2. The van der Waals surface area contributed by atoms with E-state index in [4.69, 9.17) is 14.9 Å². The van der Waals surface area contributed by atoms with Crippen molar-refractivity contribution in [2.24, 2.45) is 5.92 Å². The Balaban J connectivity index is 3.15. The molecule has 0 aliphatic rings. The van der Waals surface area contributed by atoms with Crippen LogP contribution < -0.4 is 0 Å². The van der Waals surface area contributed by atoms with Gasteiger partial charge in [-0.05, 0) is 12.3 Å². The molecule has 31 heavy (non-hydrogen) atoms. The lowest BCUT2D eigenvalue weighted by molar-refractivity contribution is -0.153. The zero-order chi connectivity index (χ0) is 23.0. The molecule has 0 aromatic heterocycles. The Hall–Kier alpha value is -0.610. The van der Waals surface area contributed by atoms with Gasteiger partial charge in [0, 0.05) is 6.42 Å². The number of hydrogen-bond donors (Lipinski definition) is 2. The summed E-state index contributed by atoms with van der Waals surface area (Å²) in [6.07, 6.45) is 25.0. The molecule has 0 spiro atoms. The van der Waals surface area contributed by atoms with Gasteiger partial charge in [0.1, 0.15) is 6.10 Å². The number of aliphatic hydroxyl groups is 2. The molecule has 0 aliphatic carbocycles. The Morgan fingerprint density at radius 1 is 0.581 bits per heavy atom. The highest BCUT2D eigenvalue weighted by Gasteiger charge is 2.11. The molecule has 0 aromatic carbocycles.